The highest BCUT2D eigenvalue weighted by Gasteiger charge is 2.13. The number of nitrogens with one attached hydrogen (secondary N) is 2. The number of H-pyrrole nitrogens is 1. The Morgan fingerprint density at radius 1 is 1.32 bits per heavy atom. The van der Waals surface area contributed by atoms with E-state index in [2.05, 4.69) is 53.4 Å². The van der Waals surface area contributed by atoms with Gasteiger partial charge in [-0.25, -0.2) is 0 Å². The summed E-state index contributed by atoms with van der Waals surface area (Å²) in [6.45, 7) is 3.29. The first kappa shape index (κ1) is 13.1. The van der Waals surface area contributed by atoms with Crippen LogP contribution in [-0.2, 0) is 6.42 Å². The van der Waals surface area contributed by atoms with Crippen LogP contribution in [0.5, 0.6) is 0 Å². The highest BCUT2D eigenvalue weighted by atomic mass is 32.2. The van der Waals surface area contributed by atoms with Gasteiger partial charge in [-0.3, -0.25) is 0 Å². The predicted octanol–water partition coefficient (Wildman–Crippen LogP) is 3.50. The third-order valence-electron chi connectivity index (χ3n) is 4.04. The van der Waals surface area contributed by atoms with Gasteiger partial charge < -0.3 is 10.3 Å². The Kier molecular flexibility index (Phi) is 4.14. The molecule has 0 radical (unpaired) electrons. The van der Waals surface area contributed by atoms with Gasteiger partial charge in [0, 0.05) is 23.1 Å². The summed E-state index contributed by atoms with van der Waals surface area (Å²) in [5.41, 5.74) is 4.10. The van der Waals surface area contributed by atoms with E-state index in [1.807, 2.05) is 0 Å². The maximum absolute atomic E-state index is 3.72. The molecule has 0 unspecified atom stereocenters. The summed E-state index contributed by atoms with van der Waals surface area (Å²) in [6.07, 6.45) is 5.96. The molecule has 2 N–H and O–H groups in total. The molecular weight excluding hydrogens is 252 g/mol. The van der Waals surface area contributed by atoms with Gasteiger partial charge in [-0.2, -0.15) is 11.8 Å². The van der Waals surface area contributed by atoms with Crippen LogP contribution in [0, 0.1) is 6.92 Å². The fourth-order valence-electron chi connectivity index (χ4n) is 2.96. The second-order valence-electron chi connectivity index (χ2n) is 5.40. The van der Waals surface area contributed by atoms with Crippen LogP contribution in [0.1, 0.15) is 24.0 Å². The SMILES string of the molecule is Cc1cccc2[nH]cc(CCNC3CCSCC3)c12. The van der Waals surface area contributed by atoms with E-state index in [-0.39, 0.29) is 0 Å². The molecule has 102 valence electrons. The number of rotatable bonds is 4. The molecule has 19 heavy (non-hydrogen) atoms. The number of aromatic nitrogens is 1. The smallest absolute Gasteiger partial charge is 0.0459 e. The van der Waals surface area contributed by atoms with E-state index in [0.29, 0.717) is 0 Å². The molecule has 1 saturated heterocycles. The maximum Gasteiger partial charge on any atom is 0.0459 e. The molecular formula is C16H22N2S. The molecule has 1 fully saturated rings. The third kappa shape index (κ3) is 2.98. The van der Waals surface area contributed by atoms with Crippen molar-refractivity contribution in [3.8, 4) is 0 Å². The minimum absolute atomic E-state index is 0.743. The predicted molar refractivity (Wildman–Crippen MR) is 85.1 cm³/mol. The average Bonchev–Trinajstić information content (AvgIpc) is 2.85. The Bertz CT molecular complexity index is 541. The first-order valence-electron chi connectivity index (χ1n) is 7.21. The van der Waals surface area contributed by atoms with Crippen molar-refractivity contribution < 1.29 is 0 Å². The van der Waals surface area contributed by atoms with Crippen molar-refractivity contribution >= 4 is 22.7 Å². The van der Waals surface area contributed by atoms with Crippen LogP contribution in [0.15, 0.2) is 24.4 Å². The lowest BCUT2D eigenvalue weighted by Gasteiger charge is -2.22. The summed E-state index contributed by atoms with van der Waals surface area (Å²) in [6, 6.07) is 7.23. The lowest BCUT2D eigenvalue weighted by atomic mass is 10.1. The number of thioether (sulfide) groups is 1. The molecule has 0 aliphatic carbocycles. The Balaban J connectivity index is 1.62. The van der Waals surface area contributed by atoms with E-state index < -0.39 is 0 Å². The summed E-state index contributed by atoms with van der Waals surface area (Å²) < 4.78 is 0. The van der Waals surface area contributed by atoms with Crippen molar-refractivity contribution in [2.45, 2.75) is 32.2 Å². The number of aromatic amines is 1. The van der Waals surface area contributed by atoms with Gasteiger partial charge in [0.05, 0.1) is 0 Å². The van der Waals surface area contributed by atoms with Gasteiger partial charge in [-0.1, -0.05) is 12.1 Å². The first-order chi connectivity index (χ1) is 9.34. The van der Waals surface area contributed by atoms with Crippen molar-refractivity contribution in [3.63, 3.8) is 0 Å². The van der Waals surface area contributed by atoms with E-state index in [1.54, 1.807) is 0 Å². The van der Waals surface area contributed by atoms with Crippen molar-refractivity contribution in [2.75, 3.05) is 18.1 Å². The minimum atomic E-state index is 0.743. The van der Waals surface area contributed by atoms with Crippen LogP contribution < -0.4 is 5.32 Å². The highest BCUT2D eigenvalue weighted by molar-refractivity contribution is 7.99. The van der Waals surface area contributed by atoms with Crippen molar-refractivity contribution in [3.05, 3.63) is 35.5 Å². The number of aryl methyl sites for hydroxylation is 1. The van der Waals surface area contributed by atoms with E-state index in [4.69, 9.17) is 0 Å². The Morgan fingerprint density at radius 3 is 3.00 bits per heavy atom. The van der Waals surface area contributed by atoms with Crippen LogP contribution >= 0.6 is 11.8 Å². The topological polar surface area (TPSA) is 27.8 Å². The monoisotopic (exact) mass is 274 g/mol. The average molecular weight is 274 g/mol. The highest BCUT2D eigenvalue weighted by Crippen LogP contribution is 2.22. The summed E-state index contributed by atoms with van der Waals surface area (Å²) in [5.74, 6) is 2.65. The van der Waals surface area contributed by atoms with Crippen LogP contribution in [-0.4, -0.2) is 29.1 Å². The quantitative estimate of drug-likeness (QED) is 0.893. The summed E-state index contributed by atoms with van der Waals surface area (Å²) in [5, 5.41) is 5.14. The molecule has 3 rings (SSSR count). The third-order valence-corrected chi connectivity index (χ3v) is 5.09. The summed E-state index contributed by atoms with van der Waals surface area (Å²) in [4.78, 5) is 3.39. The summed E-state index contributed by atoms with van der Waals surface area (Å²) >= 11 is 2.09. The first-order valence-corrected chi connectivity index (χ1v) is 8.37. The molecule has 0 amide bonds. The number of benzene rings is 1. The fraction of sp³-hybridized carbons (Fsp3) is 0.500. The van der Waals surface area contributed by atoms with Gasteiger partial charge in [0.15, 0.2) is 0 Å². The molecule has 1 aromatic heterocycles. The molecule has 3 heteroatoms. The van der Waals surface area contributed by atoms with Crippen molar-refractivity contribution in [2.24, 2.45) is 0 Å². The Labute approximate surface area is 119 Å². The lowest BCUT2D eigenvalue weighted by molar-refractivity contribution is 0.486. The fourth-order valence-corrected chi connectivity index (χ4v) is 4.07. The number of hydrogen-bond donors (Lipinski definition) is 2. The normalized spacial score (nSPS) is 17.1. The molecule has 0 spiro atoms. The minimum Gasteiger partial charge on any atom is -0.361 e. The van der Waals surface area contributed by atoms with Crippen LogP contribution in [0.3, 0.4) is 0 Å². The molecule has 2 nitrogen and oxygen atoms in total. The van der Waals surface area contributed by atoms with E-state index in [1.165, 1.54) is 46.4 Å². The van der Waals surface area contributed by atoms with Gasteiger partial charge >= 0.3 is 0 Å². The van der Waals surface area contributed by atoms with E-state index in [0.717, 1.165) is 19.0 Å². The molecule has 0 bridgehead atoms. The molecule has 0 atom stereocenters. The zero-order valence-electron chi connectivity index (χ0n) is 11.5. The van der Waals surface area contributed by atoms with E-state index >= 15 is 0 Å². The summed E-state index contributed by atoms with van der Waals surface area (Å²) in [7, 11) is 0. The molecule has 2 heterocycles. The molecule has 1 aromatic carbocycles. The van der Waals surface area contributed by atoms with Gasteiger partial charge in [-0.05, 0) is 61.4 Å². The van der Waals surface area contributed by atoms with Crippen LogP contribution in [0.25, 0.3) is 10.9 Å². The number of fused-ring (bicyclic) bond motifs is 1. The molecule has 2 aromatic rings. The molecule has 1 aliphatic heterocycles. The maximum atomic E-state index is 3.72. The lowest BCUT2D eigenvalue weighted by Crippen LogP contribution is -2.33. The standard InChI is InChI=1S/C16H22N2S/c1-12-3-2-4-15-16(12)13(11-18-15)5-8-17-14-6-9-19-10-7-14/h2-4,11,14,17-18H,5-10H2,1H3. The zero-order chi connectivity index (χ0) is 13.1. The second-order valence-corrected chi connectivity index (χ2v) is 6.63. The Morgan fingerprint density at radius 2 is 2.16 bits per heavy atom. The van der Waals surface area contributed by atoms with Gasteiger partial charge in [0.2, 0.25) is 0 Å². The van der Waals surface area contributed by atoms with Gasteiger partial charge in [-0.15, -0.1) is 0 Å². The largest absolute Gasteiger partial charge is 0.361 e. The molecule has 0 saturated carbocycles. The van der Waals surface area contributed by atoms with Crippen LogP contribution in [0.4, 0.5) is 0 Å². The molecule has 1 aliphatic rings. The number of hydrogen-bond acceptors (Lipinski definition) is 2. The van der Waals surface area contributed by atoms with Crippen molar-refractivity contribution in [1.82, 2.24) is 10.3 Å². The second kappa shape index (κ2) is 6.02. The van der Waals surface area contributed by atoms with Crippen molar-refractivity contribution in [1.29, 1.82) is 0 Å². The van der Waals surface area contributed by atoms with Crippen LogP contribution in [0.2, 0.25) is 0 Å². The van der Waals surface area contributed by atoms with Gasteiger partial charge in [0.1, 0.15) is 0 Å². The van der Waals surface area contributed by atoms with E-state index in [9.17, 15) is 0 Å². The van der Waals surface area contributed by atoms with Gasteiger partial charge in [0.25, 0.3) is 0 Å². The zero-order valence-corrected chi connectivity index (χ0v) is 12.4. The Hall–Kier alpha value is -0.930.